The quantitative estimate of drug-likeness (QED) is 0.770. The summed E-state index contributed by atoms with van der Waals surface area (Å²) in [6, 6.07) is 6.18. The maximum atomic E-state index is 6.16. The minimum Gasteiger partial charge on any atom is -0.436 e. The number of aryl methyl sites for hydroxylation is 3. The Morgan fingerprint density at radius 3 is 2.24 bits per heavy atom. The molecule has 0 aliphatic heterocycles. The van der Waals surface area contributed by atoms with Crippen molar-refractivity contribution in [3.05, 3.63) is 45.9 Å². The number of benzene rings is 1. The molecule has 0 aliphatic rings. The van der Waals surface area contributed by atoms with E-state index >= 15 is 0 Å². The Bertz CT molecular complexity index is 675. The maximum Gasteiger partial charge on any atom is 0.257 e. The second-order valence-corrected chi connectivity index (χ2v) is 6.70. The standard InChI is InChI=1S/C17H21ClN2O/c1-10-7-8-13(17(4,5)6)14(9-10)21-16-15(18)19-11(2)12(3)20-16/h7-9H,1-6H3. The van der Waals surface area contributed by atoms with Gasteiger partial charge in [0.15, 0.2) is 5.15 Å². The van der Waals surface area contributed by atoms with Gasteiger partial charge in [-0.3, -0.25) is 0 Å². The average Bonchev–Trinajstić information content (AvgIpc) is 2.34. The molecule has 3 nitrogen and oxygen atoms in total. The number of rotatable bonds is 2. The third kappa shape index (κ3) is 3.53. The average molecular weight is 305 g/mol. The summed E-state index contributed by atoms with van der Waals surface area (Å²) in [5.74, 6) is 1.14. The molecule has 0 spiro atoms. The molecular formula is C17H21ClN2O. The van der Waals surface area contributed by atoms with Crippen LogP contribution in [0.3, 0.4) is 0 Å². The Morgan fingerprint density at radius 1 is 1.00 bits per heavy atom. The van der Waals surface area contributed by atoms with Crippen LogP contribution in [0.15, 0.2) is 18.2 Å². The molecule has 0 radical (unpaired) electrons. The SMILES string of the molecule is Cc1ccc(C(C)(C)C)c(Oc2nc(C)c(C)nc2Cl)c1. The van der Waals surface area contributed by atoms with Crippen molar-refractivity contribution in [2.75, 3.05) is 0 Å². The molecule has 0 fully saturated rings. The third-order valence-corrected chi connectivity index (χ3v) is 3.63. The zero-order valence-corrected chi connectivity index (χ0v) is 14.2. The van der Waals surface area contributed by atoms with Crippen molar-refractivity contribution in [3.8, 4) is 11.6 Å². The van der Waals surface area contributed by atoms with E-state index in [0.29, 0.717) is 11.0 Å². The van der Waals surface area contributed by atoms with Gasteiger partial charge in [-0.1, -0.05) is 44.5 Å². The van der Waals surface area contributed by atoms with Crippen molar-refractivity contribution in [3.63, 3.8) is 0 Å². The van der Waals surface area contributed by atoms with Gasteiger partial charge in [-0.25, -0.2) is 9.97 Å². The van der Waals surface area contributed by atoms with Gasteiger partial charge in [0.1, 0.15) is 5.75 Å². The smallest absolute Gasteiger partial charge is 0.257 e. The molecule has 2 aromatic rings. The molecule has 0 amide bonds. The van der Waals surface area contributed by atoms with E-state index in [9.17, 15) is 0 Å². The minimum atomic E-state index is -0.0251. The molecule has 2 rings (SSSR count). The Labute approximate surface area is 131 Å². The van der Waals surface area contributed by atoms with E-state index < -0.39 is 0 Å². The molecule has 4 heteroatoms. The Balaban J connectivity index is 2.49. The first-order valence-electron chi connectivity index (χ1n) is 6.98. The normalized spacial score (nSPS) is 11.6. The lowest BCUT2D eigenvalue weighted by molar-refractivity contribution is 0.436. The van der Waals surface area contributed by atoms with Gasteiger partial charge >= 0.3 is 0 Å². The highest BCUT2D eigenvalue weighted by atomic mass is 35.5. The highest BCUT2D eigenvalue weighted by Gasteiger charge is 2.21. The van der Waals surface area contributed by atoms with E-state index in [1.807, 2.05) is 26.8 Å². The summed E-state index contributed by atoms with van der Waals surface area (Å²) in [5.41, 5.74) is 3.85. The maximum absolute atomic E-state index is 6.16. The van der Waals surface area contributed by atoms with Crippen LogP contribution >= 0.6 is 11.6 Å². The summed E-state index contributed by atoms with van der Waals surface area (Å²) in [5, 5.41) is 0.291. The zero-order chi connectivity index (χ0) is 15.8. The number of hydrogen-bond donors (Lipinski definition) is 0. The second kappa shape index (κ2) is 5.64. The minimum absolute atomic E-state index is 0.0251. The molecule has 21 heavy (non-hydrogen) atoms. The first kappa shape index (κ1) is 15.8. The number of halogens is 1. The van der Waals surface area contributed by atoms with Crippen LogP contribution in [0.5, 0.6) is 11.6 Å². The number of ether oxygens (including phenoxy) is 1. The largest absolute Gasteiger partial charge is 0.436 e. The van der Waals surface area contributed by atoms with Crippen LogP contribution < -0.4 is 4.74 Å². The predicted molar refractivity (Wildman–Crippen MR) is 86.5 cm³/mol. The summed E-state index contributed by atoms with van der Waals surface area (Å²) < 4.78 is 5.98. The van der Waals surface area contributed by atoms with Crippen molar-refractivity contribution < 1.29 is 4.74 Å². The summed E-state index contributed by atoms with van der Waals surface area (Å²) in [6.07, 6.45) is 0. The van der Waals surface area contributed by atoms with Crippen LogP contribution in [0.4, 0.5) is 0 Å². The van der Waals surface area contributed by atoms with E-state index in [2.05, 4.69) is 42.9 Å². The van der Waals surface area contributed by atoms with Gasteiger partial charge in [0.2, 0.25) is 0 Å². The first-order valence-corrected chi connectivity index (χ1v) is 7.36. The van der Waals surface area contributed by atoms with Crippen molar-refractivity contribution in [2.24, 2.45) is 0 Å². The molecule has 0 atom stereocenters. The molecule has 1 aromatic carbocycles. The number of hydrogen-bond acceptors (Lipinski definition) is 3. The molecule has 1 heterocycles. The molecule has 0 saturated carbocycles. The third-order valence-electron chi connectivity index (χ3n) is 3.39. The van der Waals surface area contributed by atoms with Gasteiger partial charge in [-0.15, -0.1) is 0 Å². The van der Waals surface area contributed by atoms with Gasteiger partial charge < -0.3 is 4.74 Å². The molecular weight excluding hydrogens is 284 g/mol. The fourth-order valence-corrected chi connectivity index (χ4v) is 2.27. The molecule has 0 unspecified atom stereocenters. The molecule has 0 aliphatic carbocycles. The van der Waals surface area contributed by atoms with Crippen LogP contribution in [0.2, 0.25) is 5.15 Å². The number of aromatic nitrogens is 2. The van der Waals surface area contributed by atoms with E-state index in [0.717, 1.165) is 28.3 Å². The van der Waals surface area contributed by atoms with Gasteiger partial charge in [-0.2, -0.15) is 0 Å². The van der Waals surface area contributed by atoms with Gasteiger partial charge in [-0.05, 0) is 37.8 Å². The molecule has 0 saturated heterocycles. The summed E-state index contributed by atoms with van der Waals surface area (Å²) in [6.45, 7) is 12.3. The fraction of sp³-hybridized carbons (Fsp3) is 0.412. The van der Waals surface area contributed by atoms with Crippen LogP contribution in [0, 0.1) is 20.8 Å². The highest BCUT2D eigenvalue weighted by Crippen LogP contribution is 2.36. The van der Waals surface area contributed by atoms with Crippen molar-refractivity contribution >= 4 is 11.6 Å². The summed E-state index contributed by atoms with van der Waals surface area (Å²) in [4.78, 5) is 8.67. The van der Waals surface area contributed by atoms with Crippen molar-refractivity contribution in [1.82, 2.24) is 9.97 Å². The van der Waals surface area contributed by atoms with Crippen LogP contribution in [0.1, 0.15) is 43.3 Å². The van der Waals surface area contributed by atoms with Crippen LogP contribution in [-0.2, 0) is 5.41 Å². The lowest BCUT2D eigenvalue weighted by Crippen LogP contribution is -2.13. The highest BCUT2D eigenvalue weighted by molar-refractivity contribution is 6.30. The van der Waals surface area contributed by atoms with E-state index in [4.69, 9.17) is 16.3 Å². The molecule has 112 valence electrons. The number of nitrogens with zero attached hydrogens (tertiary/aromatic N) is 2. The molecule has 1 aromatic heterocycles. The van der Waals surface area contributed by atoms with Gasteiger partial charge in [0.05, 0.1) is 11.4 Å². The van der Waals surface area contributed by atoms with Gasteiger partial charge in [0.25, 0.3) is 5.88 Å². The van der Waals surface area contributed by atoms with E-state index in [-0.39, 0.29) is 5.41 Å². The Hall–Kier alpha value is -1.61. The Morgan fingerprint density at radius 2 is 1.62 bits per heavy atom. The predicted octanol–water partition coefficient (Wildman–Crippen LogP) is 5.15. The van der Waals surface area contributed by atoms with E-state index in [1.54, 1.807) is 0 Å². The van der Waals surface area contributed by atoms with Gasteiger partial charge in [0, 0.05) is 5.56 Å². The lowest BCUT2D eigenvalue weighted by Gasteiger charge is -2.23. The first-order chi connectivity index (χ1) is 9.68. The van der Waals surface area contributed by atoms with Crippen LogP contribution in [-0.4, -0.2) is 9.97 Å². The molecule has 0 bridgehead atoms. The Kier molecular flexibility index (Phi) is 4.24. The van der Waals surface area contributed by atoms with E-state index in [1.165, 1.54) is 0 Å². The zero-order valence-electron chi connectivity index (χ0n) is 13.4. The monoisotopic (exact) mass is 304 g/mol. The lowest BCUT2D eigenvalue weighted by atomic mass is 9.86. The van der Waals surface area contributed by atoms with Crippen molar-refractivity contribution in [2.45, 2.75) is 47.0 Å². The fourth-order valence-electron chi connectivity index (χ4n) is 2.06. The van der Waals surface area contributed by atoms with Crippen LogP contribution in [0.25, 0.3) is 0 Å². The summed E-state index contributed by atoms with van der Waals surface area (Å²) >= 11 is 6.16. The second-order valence-electron chi connectivity index (χ2n) is 6.34. The van der Waals surface area contributed by atoms with Crippen molar-refractivity contribution in [1.29, 1.82) is 0 Å². The topological polar surface area (TPSA) is 35.0 Å². The summed E-state index contributed by atoms with van der Waals surface area (Å²) in [7, 11) is 0. The molecule has 0 N–H and O–H groups in total.